The van der Waals surface area contributed by atoms with Crippen LogP contribution in [-0.4, -0.2) is 43.1 Å². The minimum absolute atomic E-state index is 0. The van der Waals surface area contributed by atoms with E-state index >= 15 is 0 Å². The maximum absolute atomic E-state index is 5.98. The molecule has 6 heteroatoms. The van der Waals surface area contributed by atoms with Gasteiger partial charge in [-0.2, -0.15) is 0 Å². The highest BCUT2D eigenvalue weighted by atomic mass is 35.5. The fourth-order valence-electron chi connectivity index (χ4n) is 3.70. The van der Waals surface area contributed by atoms with Gasteiger partial charge in [0.2, 0.25) is 0 Å². The normalized spacial score (nSPS) is 11.5. The van der Waals surface area contributed by atoms with Crippen molar-refractivity contribution >= 4 is 29.6 Å². The van der Waals surface area contributed by atoms with Crippen LogP contribution < -0.4 is 14.8 Å². The van der Waals surface area contributed by atoms with Crippen molar-refractivity contribution in [3.63, 3.8) is 0 Å². The van der Waals surface area contributed by atoms with E-state index in [0.717, 1.165) is 40.8 Å². The van der Waals surface area contributed by atoms with Crippen molar-refractivity contribution in [3.8, 4) is 11.5 Å². The van der Waals surface area contributed by atoms with Crippen LogP contribution in [0.3, 0.4) is 0 Å². The second-order valence-corrected chi connectivity index (χ2v) is 8.45. The van der Waals surface area contributed by atoms with E-state index in [4.69, 9.17) is 14.5 Å². The fourth-order valence-corrected chi connectivity index (χ4v) is 3.70. The molecule has 0 bridgehead atoms. The first-order valence-corrected chi connectivity index (χ1v) is 11.5. The fraction of sp³-hybridized carbons (Fsp3) is 0.321. The zero-order valence-corrected chi connectivity index (χ0v) is 21.5. The van der Waals surface area contributed by atoms with E-state index in [1.807, 2.05) is 78.9 Å². The number of hydrogen-bond donors (Lipinski definition) is 1. The molecule has 0 aliphatic carbocycles. The predicted molar refractivity (Wildman–Crippen MR) is 145 cm³/mol. The molecule has 3 aromatic rings. The molecule has 0 spiro atoms. The first kappa shape index (κ1) is 27.2. The Kier molecular flexibility index (Phi) is 10.9. The summed E-state index contributed by atoms with van der Waals surface area (Å²) in [6, 6.07) is 26.8. The summed E-state index contributed by atoms with van der Waals surface area (Å²) in [5, 5.41) is 3.44. The molecular weight excluding hydrogens is 446 g/mol. The summed E-state index contributed by atoms with van der Waals surface area (Å²) in [6.45, 7) is 10.4. The summed E-state index contributed by atoms with van der Waals surface area (Å²) in [4.78, 5) is 7.30. The van der Waals surface area contributed by atoms with Crippen molar-refractivity contribution in [1.82, 2.24) is 4.90 Å². The minimum atomic E-state index is 0. The van der Waals surface area contributed by atoms with Crippen molar-refractivity contribution in [2.24, 2.45) is 4.99 Å². The summed E-state index contributed by atoms with van der Waals surface area (Å²) < 4.78 is 11.3. The number of benzene rings is 3. The molecule has 34 heavy (non-hydrogen) atoms. The van der Waals surface area contributed by atoms with Gasteiger partial charge in [-0.3, -0.25) is 4.90 Å². The van der Waals surface area contributed by atoms with Crippen molar-refractivity contribution in [3.05, 3.63) is 84.4 Å². The van der Waals surface area contributed by atoms with Gasteiger partial charge in [-0.25, -0.2) is 4.99 Å². The molecule has 3 aromatic carbocycles. The second kappa shape index (κ2) is 13.6. The van der Waals surface area contributed by atoms with E-state index < -0.39 is 0 Å². The van der Waals surface area contributed by atoms with Gasteiger partial charge in [0.1, 0.15) is 23.9 Å². The van der Waals surface area contributed by atoms with Crippen LogP contribution in [0, 0.1) is 0 Å². The Bertz CT molecular complexity index is 996. The van der Waals surface area contributed by atoms with Crippen LogP contribution in [0.15, 0.2) is 83.9 Å². The average molecular weight is 482 g/mol. The van der Waals surface area contributed by atoms with Gasteiger partial charge in [-0.15, -0.1) is 12.4 Å². The number of nitrogens with one attached hydrogen (secondary N) is 1. The number of ether oxygens (including phenoxy) is 2. The molecule has 0 radical (unpaired) electrons. The summed E-state index contributed by atoms with van der Waals surface area (Å²) in [5.41, 5.74) is 2.80. The molecule has 5 nitrogen and oxygen atoms in total. The number of hydrogen-bond acceptors (Lipinski definition) is 4. The third kappa shape index (κ3) is 8.08. The molecule has 0 aromatic heterocycles. The van der Waals surface area contributed by atoms with Crippen LogP contribution in [0.4, 0.5) is 11.4 Å². The number of halogens is 1. The van der Waals surface area contributed by atoms with E-state index in [-0.39, 0.29) is 12.4 Å². The van der Waals surface area contributed by atoms with Crippen molar-refractivity contribution < 1.29 is 9.47 Å². The standard InChI is InChI=1S/C28H35N3O2.ClH/c1-21(2)31(22(3)4)19-20-33-27-17-13-25(14-18-27)30-28(29-24-9-7-6-8-10-24)23-11-15-26(32-5)16-12-23;/h6-18,21-22H,19-20H2,1-5H3,(H,29,30);1H. The lowest BCUT2D eigenvalue weighted by Gasteiger charge is -2.30. The summed E-state index contributed by atoms with van der Waals surface area (Å²) in [7, 11) is 1.67. The topological polar surface area (TPSA) is 46.1 Å². The zero-order valence-electron chi connectivity index (χ0n) is 20.7. The number of rotatable bonds is 10. The van der Waals surface area contributed by atoms with Crippen molar-refractivity contribution in [2.45, 2.75) is 39.8 Å². The van der Waals surface area contributed by atoms with E-state index in [0.29, 0.717) is 18.7 Å². The molecular formula is C28H36ClN3O2. The summed E-state index contributed by atoms with van der Waals surface area (Å²) >= 11 is 0. The molecule has 182 valence electrons. The Morgan fingerprint density at radius 1 is 0.824 bits per heavy atom. The largest absolute Gasteiger partial charge is 0.497 e. The monoisotopic (exact) mass is 481 g/mol. The highest BCUT2D eigenvalue weighted by molar-refractivity contribution is 6.09. The number of para-hydroxylation sites is 1. The molecule has 0 heterocycles. The van der Waals surface area contributed by atoms with Gasteiger partial charge in [-0.1, -0.05) is 18.2 Å². The van der Waals surface area contributed by atoms with Gasteiger partial charge in [0.05, 0.1) is 12.8 Å². The maximum Gasteiger partial charge on any atom is 0.138 e. The van der Waals surface area contributed by atoms with Gasteiger partial charge in [0.15, 0.2) is 0 Å². The number of aliphatic imine (C=N–C) groups is 1. The maximum atomic E-state index is 5.98. The Morgan fingerprint density at radius 3 is 1.97 bits per heavy atom. The van der Waals surface area contributed by atoms with E-state index in [9.17, 15) is 0 Å². The Hall–Kier alpha value is -3.02. The SMILES string of the molecule is COc1ccc(C(=Nc2ccc(OCCN(C(C)C)C(C)C)cc2)Nc2ccccc2)cc1.Cl. The highest BCUT2D eigenvalue weighted by Crippen LogP contribution is 2.21. The third-order valence-electron chi connectivity index (χ3n) is 5.42. The molecule has 0 saturated heterocycles. The molecule has 0 fully saturated rings. The Morgan fingerprint density at radius 2 is 1.41 bits per heavy atom. The first-order valence-electron chi connectivity index (χ1n) is 11.5. The summed E-state index contributed by atoms with van der Waals surface area (Å²) in [5.74, 6) is 2.43. The molecule has 0 saturated carbocycles. The lowest BCUT2D eigenvalue weighted by Crippen LogP contribution is -2.39. The number of amidine groups is 1. The number of anilines is 1. The molecule has 1 N–H and O–H groups in total. The first-order chi connectivity index (χ1) is 16.0. The second-order valence-electron chi connectivity index (χ2n) is 8.45. The van der Waals surface area contributed by atoms with Gasteiger partial charge in [0.25, 0.3) is 0 Å². The number of methoxy groups -OCH3 is 1. The smallest absolute Gasteiger partial charge is 0.138 e. The van der Waals surface area contributed by atoms with E-state index in [1.54, 1.807) is 7.11 Å². The van der Waals surface area contributed by atoms with Crippen LogP contribution >= 0.6 is 12.4 Å². The minimum Gasteiger partial charge on any atom is -0.497 e. The van der Waals surface area contributed by atoms with Gasteiger partial charge < -0.3 is 14.8 Å². The average Bonchev–Trinajstić information content (AvgIpc) is 2.82. The molecule has 0 unspecified atom stereocenters. The molecule has 0 atom stereocenters. The lowest BCUT2D eigenvalue weighted by atomic mass is 10.2. The molecule has 0 amide bonds. The molecule has 0 aliphatic heterocycles. The van der Waals surface area contributed by atoms with Gasteiger partial charge in [-0.05, 0) is 88.4 Å². The van der Waals surface area contributed by atoms with E-state index in [2.05, 4.69) is 37.9 Å². The molecule has 3 rings (SSSR count). The lowest BCUT2D eigenvalue weighted by molar-refractivity contribution is 0.142. The Balaban J connectivity index is 0.00000408. The predicted octanol–water partition coefficient (Wildman–Crippen LogP) is 6.81. The summed E-state index contributed by atoms with van der Waals surface area (Å²) in [6.07, 6.45) is 0. The van der Waals surface area contributed by atoms with Crippen molar-refractivity contribution in [2.75, 3.05) is 25.6 Å². The van der Waals surface area contributed by atoms with Crippen LogP contribution in [0.25, 0.3) is 0 Å². The third-order valence-corrected chi connectivity index (χ3v) is 5.42. The molecule has 0 aliphatic rings. The van der Waals surface area contributed by atoms with Crippen LogP contribution in [0.1, 0.15) is 33.3 Å². The number of nitrogens with zero attached hydrogens (tertiary/aromatic N) is 2. The van der Waals surface area contributed by atoms with Gasteiger partial charge >= 0.3 is 0 Å². The Labute approximate surface area is 210 Å². The van der Waals surface area contributed by atoms with Crippen LogP contribution in [0.2, 0.25) is 0 Å². The zero-order chi connectivity index (χ0) is 23.6. The van der Waals surface area contributed by atoms with E-state index in [1.165, 1.54) is 0 Å². The van der Waals surface area contributed by atoms with Crippen LogP contribution in [-0.2, 0) is 0 Å². The van der Waals surface area contributed by atoms with Crippen molar-refractivity contribution in [1.29, 1.82) is 0 Å². The van der Waals surface area contributed by atoms with Gasteiger partial charge in [0, 0.05) is 29.9 Å². The van der Waals surface area contributed by atoms with Crippen LogP contribution in [0.5, 0.6) is 11.5 Å². The highest BCUT2D eigenvalue weighted by Gasteiger charge is 2.13. The quantitative estimate of drug-likeness (QED) is 0.255.